The minimum Gasteiger partial charge on any atom is -0.508 e. The van der Waals surface area contributed by atoms with Crippen LogP contribution >= 0.6 is 11.6 Å². The van der Waals surface area contributed by atoms with Gasteiger partial charge in [-0.3, -0.25) is 4.79 Å². The summed E-state index contributed by atoms with van der Waals surface area (Å²) in [7, 11) is 0. The van der Waals surface area contributed by atoms with Gasteiger partial charge in [-0.15, -0.1) is 0 Å². The minimum absolute atomic E-state index is 0.163. The van der Waals surface area contributed by atoms with E-state index in [9.17, 15) is 9.90 Å². The lowest BCUT2D eigenvalue weighted by Gasteiger charge is -2.12. The van der Waals surface area contributed by atoms with E-state index in [0.717, 1.165) is 11.1 Å². The summed E-state index contributed by atoms with van der Waals surface area (Å²) in [5.74, 6) is -0.0572. The number of rotatable bonds is 3. The van der Waals surface area contributed by atoms with Gasteiger partial charge in [0.25, 0.3) is 5.91 Å². The van der Waals surface area contributed by atoms with Gasteiger partial charge in [-0.05, 0) is 61.9 Å². The van der Waals surface area contributed by atoms with Crippen molar-refractivity contribution in [3.8, 4) is 5.75 Å². The number of hydrogen-bond acceptors (Lipinski definition) is 2. The van der Waals surface area contributed by atoms with Gasteiger partial charge in [0.2, 0.25) is 0 Å². The topological polar surface area (TPSA) is 49.3 Å². The number of phenols is 1. The smallest absolute Gasteiger partial charge is 0.255 e. The van der Waals surface area contributed by atoms with Crippen molar-refractivity contribution in [2.24, 2.45) is 0 Å². The van der Waals surface area contributed by atoms with Crippen molar-refractivity contribution in [2.75, 3.05) is 5.32 Å². The number of benzene rings is 2. The van der Waals surface area contributed by atoms with E-state index in [1.165, 1.54) is 0 Å². The van der Waals surface area contributed by atoms with E-state index < -0.39 is 0 Å². The monoisotopic (exact) mass is 301 g/mol. The number of hydrogen-bond donors (Lipinski definition) is 2. The molecule has 0 saturated heterocycles. The molecular formula is C17H16ClNO2. The third kappa shape index (κ3) is 3.64. The van der Waals surface area contributed by atoms with E-state index in [1.807, 2.05) is 19.9 Å². The Kier molecular flexibility index (Phi) is 4.66. The molecule has 0 aliphatic carbocycles. The SMILES string of the molecule is C/C=C(\C)c1cc(O)ccc1NC(=O)c1ccc(Cl)cc1. The summed E-state index contributed by atoms with van der Waals surface area (Å²) < 4.78 is 0. The van der Waals surface area contributed by atoms with Crippen LogP contribution in [-0.2, 0) is 0 Å². The minimum atomic E-state index is -0.220. The summed E-state index contributed by atoms with van der Waals surface area (Å²) in [6.45, 7) is 3.83. The highest BCUT2D eigenvalue weighted by molar-refractivity contribution is 6.30. The molecule has 3 nitrogen and oxygen atoms in total. The molecule has 0 aliphatic heterocycles. The molecule has 0 radical (unpaired) electrons. The standard InChI is InChI=1S/C17H16ClNO2/c1-3-11(2)15-10-14(20)8-9-16(15)19-17(21)12-4-6-13(18)7-5-12/h3-10,20H,1-2H3,(H,19,21)/b11-3+. The Balaban J connectivity index is 2.31. The number of nitrogens with one attached hydrogen (secondary N) is 1. The maximum absolute atomic E-state index is 12.2. The average molecular weight is 302 g/mol. The van der Waals surface area contributed by atoms with Gasteiger partial charge < -0.3 is 10.4 Å². The van der Waals surface area contributed by atoms with Crippen LogP contribution in [0, 0.1) is 0 Å². The number of halogens is 1. The second kappa shape index (κ2) is 6.46. The van der Waals surface area contributed by atoms with Crippen LogP contribution in [0.3, 0.4) is 0 Å². The number of anilines is 1. The summed E-state index contributed by atoms with van der Waals surface area (Å²) >= 11 is 5.81. The molecule has 1 amide bonds. The van der Waals surface area contributed by atoms with Gasteiger partial charge in [0.15, 0.2) is 0 Å². The molecule has 0 spiro atoms. The molecule has 108 valence electrons. The highest BCUT2D eigenvalue weighted by Gasteiger charge is 2.10. The number of amides is 1. The first-order valence-corrected chi connectivity index (χ1v) is 6.92. The average Bonchev–Trinajstić information content (AvgIpc) is 2.48. The van der Waals surface area contributed by atoms with E-state index in [4.69, 9.17) is 11.6 Å². The molecule has 0 heterocycles. The van der Waals surface area contributed by atoms with Gasteiger partial charge in [0.05, 0.1) is 0 Å². The van der Waals surface area contributed by atoms with Crippen molar-refractivity contribution in [3.63, 3.8) is 0 Å². The van der Waals surface area contributed by atoms with E-state index in [0.29, 0.717) is 16.3 Å². The molecular weight excluding hydrogens is 286 g/mol. The zero-order valence-corrected chi connectivity index (χ0v) is 12.6. The molecule has 2 aromatic carbocycles. The summed E-state index contributed by atoms with van der Waals surface area (Å²) in [6.07, 6.45) is 1.92. The van der Waals surface area contributed by atoms with Crippen molar-refractivity contribution < 1.29 is 9.90 Å². The van der Waals surface area contributed by atoms with Gasteiger partial charge in [-0.25, -0.2) is 0 Å². The quantitative estimate of drug-likeness (QED) is 0.806. The number of aromatic hydroxyl groups is 1. The molecule has 0 aromatic heterocycles. The molecule has 0 unspecified atom stereocenters. The Morgan fingerprint density at radius 1 is 1.19 bits per heavy atom. The van der Waals surface area contributed by atoms with Gasteiger partial charge >= 0.3 is 0 Å². The fraction of sp³-hybridized carbons (Fsp3) is 0.118. The van der Waals surface area contributed by atoms with Gasteiger partial charge in [0.1, 0.15) is 5.75 Å². The van der Waals surface area contributed by atoms with E-state index in [1.54, 1.807) is 42.5 Å². The summed E-state index contributed by atoms with van der Waals surface area (Å²) in [4.78, 5) is 12.2. The van der Waals surface area contributed by atoms with Crippen LogP contribution in [0.4, 0.5) is 5.69 Å². The van der Waals surface area contributed by atoms with Crippen LogP contribution in [0.5, 0.6) is 5.75 Å². The lowest BCUT2D eigenvalue weighted by molar-refractivity contribution is 0.102. The molecule has 0 aliphatic rings. The molecule has 2 aromatic rings. The van der Waals surface area contributed by atoms with E-state index in [2.05, 4.69) is 5.32 Å². The van der Waals surface area contributed by atoms with Crippen LogP contribution in [0.15, 0.2) is 48.5 Å². The largest absolute Gasteiger partial charge is 0.508 e. The first-order valence-electron chi connectivity index (χ1n) is 6.54. The third-order valence-electron chi connectivity index (χ3n) is 3.22. The van der Waals surface area contributed by atoms with Gasteiger partial charge in [-0.1, -0.05) is 17.7 Å². The van der Waals surface area contributed by atoms with E-state index >= 15 is 0 Å². The molecule has 21 heavy (non-hydrogen) atoms. The lowest BCUT2D eigenvalue weighted by Crippen LogP contribution is -2.12. The molecule has 0 fully saturated rings. The Labute approximate surface area is 128 Å². The maximum Gasteiger partial charge on any atom is 0.255 e. The lowest BCUT2D eigenvalue weighted by atomic mass is 10.0. The second-order valence-electron chi connectivity index (χ2n) is 4.66. The third-order valence-corrected chi connectivity index (χ3v) is 3.47. The van der Waals surface area contributed by atoms with Crippen LogP contribution in [0.1, 0.15) is 29.8 Å². The summed E-state index contributed by atoms with van der Waals surface area (Å²) in [5.41, 5.74) is 2.94. The first-order chi connectivity index (χ1) is 10.0. The Morgan fingerprint density at radius 2 is 1.86 bits per heavy atom. The zero-order valence-electron chi connectivity index (χ0n) is 11.9. The number of carbonyl (C=O) groups is 1. The molecule has 0 saturated carbocycles. The van der Waals surface area contributed by atoms with Crippen molar-refractivity contribution in [2.45, 2.75) is 13.8 Å². The van der Waals surface area contributed by atoms with Crippen molar-refractivity contribution in [1.82, 2.24) is 0 Å². The fourth-order valence-electron chi connectivity index (χ4n) is 1.92. The summed E-state index contributed by atoms with van der Waals surface area (Å²) in [5, 5.41) is 13.0. The molecule has 4 heteroatoms. The van der Waals surface area contributed by atoms with E-state index in [-0.39, 0.29) is 11.7 Å². The van der Waals surface area contributed by atoms with Gasteiger partial charge in [-0.2, -0.15) is 0 Å². The molecule has 2 rings (SSSR count). The number of allylic oxidation sites excluding steroid dienone is 2. The van der Waals surface area contributed by atoms with Gasteiger partial charge in [0, 0.05) is 21.8 Å². The first kappa shape index (κ1) is 15.1. The molecule has 0 bridgehead atoms. The number of phenolic OH excluding ortho intramolecular Hbond substituents is 1. The Bertz CT molecular complexity index is 690. The predicted octanol–water partition coefficient (Wildman–Crippen LogP) is 4.72. The molecule has 2 N–H and O–H groups in total. The van der Waals surface area contributed by atoms with Crippen LogP contribution < -0.4 is 5.32 Å². The Morgan fingerprint density at radius 3 is 2.48 bits per heavy atom. The fourth-order valence-corrected chi connectivity index (χ4v) is 2.04. The predicted molar refractivity (Wildman–Crippen MR) is 86.8 cm³/mol. The highest BCUT2D eigenvalue weighted by Crippen LogP contribution is 2.28. The Hall–Kier alpha value is -2.26. The normalized spacial score (nSPS) is 11.3. The van der Waals surface area contributed by atoms with Crippen molar-refractivity contribution in [1.29, 1.82) is 0 Å². The number of carbonyl (C=O) groups excluding carboxylic acids is 1. The second-order valence-corrected chi connectivity index (χ2v) is 5.10. The molecule has 0 atom stereocenters. The van der Waals surface area contributed by atoms with Crippen molar-refractivity contribution >= 4 is 28.8 Å². The van der Waals surface area contributed by atoms with Crippen molar-refractivity contribution in [3.05, 3.63) is 64.7 Å². The summed E-state index contributed by atoms with van der Waals surface area (Å²) in [6, 6.07) is 11.5. The maximum atomic E-state index is 12.2. The highest BCUT2D eigenvalue weighted by atomic mass is 35.5. The van der Waals surface area contributed by atoms with Crippen LogP contribution in [-0.4, -0.2) is 11.0 Å². The zero-order chi connectivity index (χ0) is 15.4. The van der Waals surface area contributed by atoms with Crippen LogP contribution in [0.2, 0.25) is 5.02 Å². The van der Waals surface area contributed by atoms with Crippen LogP contribution in [0.25, 0.3) is 5.57 Å².